The molecule has 0 aromatic heterocycles. The molecule has 10 heteroatoms. The Bertz CT molecular complexity index is 71.6. The molecule has 0 aliphatic rings. The fourth-order valence-electron chi connectivity index (χ4n) is 0. The molecule has 0 spiro atoms. The summed E-state index contributed by atoms with van der Waals surface area (Å²) < 4.78 is -3.34. The van der Waals surface area contributed by atoms with Crippen molar-refractivity contribution in [3.63, 3.8) is 0 Å². The minimum absolute atomic E-state index is 0. The van der Waals surface area contributed by atoms with E-state index in [2.05, 4.69) is 81.4 Å². The van der Waals surface area contributed by atoms with Crippen LogP contribution in [0.15, 0.2) is 0 Å². The molecule has 0 aliphatic heterocycles. The van der Waals surface area contributed by atoms with Crippen LogP contribution in [-0.2, 0) is 0.772 Å². The first kappa shape index (κ1) is 26.9. The first-order valence-electron chi connectivity index (χ1n) is 0.802. The van der Waals surface area contributed by atoms with Crippen LogP contribution in [0, 0.1) is 0 Å². The topological polar surface area (TPSA) is 0 Å². The molecule has 0 saturated carbocycles. The summed E-state index contributed by atoms with van der Waals surface area (Å²) in [6, 6.07) is 0. The predicted octanol–water partition coefficient (Wildman–Crippen LogP) is -3.92. The van der Waals surface area contributed by atoms with Crippen molar-refractivity contribution in [2.75, 3.05) is 0 Å². The van der Waals surface area contributed by atoms with Gasteiger partial charge in [0.15, 0.2) is 0 Å². The van der Waals surface area contributed by atoms with E-state index in [1.54, 1.807) is 0 Å². The Kier molecular flexibility index (Phi) is 23.0. The summed E-state index contributed by atoms with van der Waals surface area (Å²) in [4.78, 5) is 0. The van der Waals surface area contributed by atoms with Gasteiger partial charge in [-0.3, -0.25) is 0 Å². The summed E-state index contributed by atoms with van der Waals surface area (Å²) in [5, 5.41) is 0. The van der Waals surface area contributed by atoms with Crippen LogP contribution in [-0.4, -0.2) is 0 Å². The second-order valence-electron chi connectivity index (χ2n) is 0.758. The van der Waals surface area contributed by atoms with Gasteiger partial charge in [-0.15, -0.1) is 0 Å². The Morgan fingerprint density at radius 2 is 0.500 bits per heavy atom. The first-order chi connectivity index (χ1) is 2.45. The van der Waals surface area contributed by atoms with Gasteiger partial charge in [0, 0.05) is 0 Å². The van der Waals surface area contributed by atoms with Gasteiger partial charge < -0.3 is 0 Å². The van der Waals surface area contributed by atoms with Crippen molar-refractivity contribution in [2.24, 2.45) is 0 Å². The van der Waals surface area contributed by atoms with E-state index in [4.69, 9.17) is 0 Å². The van der Waals surface area contributed by atoms with Crippen LogP contribution in [0.3, 0.4) is 0 Å². The summed E-state index contributed by atoms with van der Waals surface area (Å²) in [6.07, 6.45) is 0. The molecular formula is Br6K3Os. The van der Waals surface area contributed by atoms with Crippen LogP contribution >= 0.6 is 81.4 Å². The van der Waals surface area contributed by atoms with Crippen molar-refractivity contribution >= 4 is 81.4 Å². The van der Waals surface area contributed by atoms with Gasteiger partial charge in [-0.25, -0.2) is 0 Å². The van der Waals surface area contributed by atoms with Gasteiger partial charge in [-0.2, -0.15) is 0 Å². The van der Waals surface area contributed by atoms with Crippen molar-refractivity contribution in [1.29, 1.82) is 0 Å². The number of hydrogen-bond donors (Lipinski definition) is 0. The van der Waals surface area contributed by atoms with Crippen molar-refractivity contribution in [2.45, 2.75) is 0 Å². The molecule has 0 heterocycles. The van der Waals surface area contributed by atoms with Gasteiger partial charge in [0.05, 0.1) is 0 Å². The summed E-state index contributed by atoms with van der Waals surface area (Å²) in [5.41, 5.74) is 0. The summed E-state index contributed by atoms with van der Waals surface area (Å²) >= 11 is 20.2. The Labute approximate surface area is 227 Å². The number of rotatable bonds is 0. The quantitative estimate of drug-likeness (QED) is 0.221. The minimum Gasteiger partial charge on any atom is 1.00 e. The van der Waals surface area contributed by atoms with Gasteiger partial charge in [0.1, 0.15) is 0 Å². The van der Waals surface area contributed by atoms with Crippen LogP contribution in [0.2, 0.25) is 0 Å². The van der Waals surface area contributed by atoms with Crippen LogP contribution in [0.4, 0.5) is 0 Å². The summed E-state index contributed by atoms with van der Waals surface area (Å²) in [6.45, 7) is 0. The van der Waals surface area contributed by atoms with Crippen LogP contribution in [0.5, 0.6) is 0 Å². The fraction of sp³-hybridized carbons (Fsp3) is 0. The summed E-state index contributed by atoms with van der Waals surface area (Å²) in [5.74, 6) is 0. The maximum absolute atomic E-state index is 3.36. The van der Waals surface area contributed by atoms with Gasteiger partial charge in [0.25, 0.3) is 0 Å². The zero-order valence-electron chi connectivity index (χ0n) is 5.62. The van der Waals surface area contributed by atoms with Crippen molar-refractivity contribution in [3.8, 4) is 0 Å². The zero-order chi connectivity index (χ0) is 6.41. The third-order valence-electron chi connectivity index (χ3n) is 0. The van der Waals surface area contributed by atoms with E-state index in [0.717, 1.165) is 0 Å². The average Bonchev–Trinajstić information content (AvgIpc) is 0.592. The molecule has 0 bridgehead atoms. The van der Waals surface area contributed by atoms with Crippen LogP contribution < -0.4 is 154 Å². The van der Waals surface area contributed by atoms with Crippen LogP contribution in [0.25, 0.3) is 0 Å². The molecule has 0 fully saturated rings. The molecule has 0 rings (SSSR count). The second-order valence-corrected chi connectivity index (χ2v) is 167. The number of halogens is 6. The normalized spacial score (nSPS) is 16.2. The minimum atomic E-state index is -3.34. The molecule has 0 radical (unpaired) electrons. The molecule has 0 atom stereocenters. The molecule has 53 valence electrons. The van der Waals surface area contributed by atoms with E-state index >= 15 is 0 Å². The maximum atomic E-state index is 3.36. The largest absolute Gasteiger partial charge is 1.00 e. The van der Waals surface area contributed by atoms with Crippen molar-refractivity contribution in [3.05, 3.63) is 0 Å². The Balaban J connectivity index is -0.0000000600. The molecule has 0 amide bonds. The van der Waals surface area contributed by atoms with Crippen molar-refractivity contribution in [1.82, 2.24) is 0 Å². The van der Waals surface area contributed by atoms with Gasteiger partial charge in [-0.1, -0.05) is 0 Å². The SMILES string of the molecule is [Br][Os-3]([Br])([Br])([Br])([Br])[Br].[K+].[K+].[K+]. The molecule has 10 heavy (non-hydrogen) atoms. The van der Waals surface area contributed by atoms with Crippen LogP contribution in [0.1, 0.15) is 0 Å². The van der Waals surface area contributed by atoms with E-state index in [1.165, 1.54) is 0 Å². The Morgan fingerprint density at radius 1 is 0.500 bits per heavy atom. The smallest absolute Gasteiger partial charge is 1.00 e. The molecule has 0 aromatic carbocycles. The molecular weight excluding hydrogens is 787 g/mol. The Morgan fingerprint density at radius 3 is 0.500 bits per heavy atom. The van der Waals surface area contributed by atoms with Gasteiger partial charge >= 0.3 is 236 Å². The average molecular weight is 787 g/mol. The maximum Gasteiger partial charge on any atom is 1.00 e. The predicted molar refractivity (Wildman–Crippen MR) is 53.6 cm³/mol. The molecule has 0 aromatic rings. The Hall–Kier alpha value is 8.43. The monoisotopic (exact) mass is 782 g/mol. The third kappa shape index (κ3) is 55.1. The molecule has 0 aliphatic carbocycles. The first-order valence-corrected chi connectivity index (χ1v) is 34.1. The van der Waals surface area contributed by atoms with Gasteiger partial charge in [-0.05, 0) is 0 Å². The molecule has 0 saturated heterocycles. The fourth-order valence-corrected chi connectivity index (χ4v) is 0. The molecule has 0 unspecified atom stereocenters. The number of hydrogen-bond acceptors (Lipinski definition) is 0. The summed E-state index contributed by atoms with van der Waals surface area (Å²) in [7, 11) is 0. The van der Waals surface area contributed by atoms with Gasteiger partial charge in [0.2, 0.25) is 0 Å². The van der Waals surface area contributed by atoms with E-state index in [1.807, 2.05) is 0 Å². The van der Waals surface area contributed by atoms with E-state index in [0.29, 0.717) is 0 Å². The second kappa shape index (κ2) is 8.57. The molecule has 0 N–H and O–H groups in total. The molecule has 0 nitrogen and oxygen atoms in total. The van der Waals surface area contributed by atoms with E-state index < -0.39 is 0.772 Å². The van der Waals surface area contributed by atoms with Crippen molar-refractivity contribution < 1.29 is 155 Å². The van der Waals surface area contributed by atoms with E-state index in [-0.39, 0.29) is 154 Å². The third-order valence-corrected chi connectivity index (χ3v) is 0. The standard InChI is InChI=1S/6BrH.3K.Os/h6*1H;;;;/q;;;;;;3*+1;+3/p-6. The van der Waals surface area contributed by atoms with E-state index in [9.17, 15) is 0 Å². The zero-order valence-corrected chi connectivity index (χ0v) is 27.0.